The minimum absolute atomic E-state index is 0.237. The first-order valence-corrected chi connectivity index (χ1v) is 8.31. The number of carbonyl (C=O) groups is 2. The molecule has 0 aromatic heterocycles. The third-order valence-electron chi connectivity index (χ3n) is 3.30. The molecule has 0 heterocycles. The maximum absolute atomic E-state index is 11.9. The first-order chi connectivity index (χ1) is 11.0. The van der Waals surface area contributed by atoms with E-state index in [4.69, 9.17) is 0 Å². The van der Waals surface area contributed by atoms with E-state index >= 15 is 0 Å². The first-order valence-electron chi connectivity index (χ1n) is 7.32. The van der Waals surface area contributed by atoms with Gasteiger partial charge in [-0.25, -0.2) is 0 Å². The standard InChI is InChI=1S/C18H20N2O2S/c1-12-9-13(2)17(14(3)10-12)23-11-16(21)19-20-18(22)15-7-5-4-6-8-15/h4-10H,11H2,1-3H3,(H,19,21)(H,20,22). The lowest BCUT2D eigenvalue weighted by atomic mass is 10.1. The molecule has 0 bridgehead atoms. The number of benzene rings is 2. The number of rotatable bonds is 4. The minimum atomic E-state index is -0.327. The average Bonchev–Trinajstić information content (AvgIpc) is 2.52. The van der Waals surface area contributed by atoms with Crippen LogP contribution in [0, 0.1) is 20.8 Å². The molecule has 0 unspecified atom stereocenters. The van der Waals surface area contributed by atoms with Gasteiger partial charge in [-0.2, -0.15) is 0 Å². The van der Waals surface area contributed by atoms with Crippen molar-refractivity contribution in [1.29, 1.82) is 0 Å². The number of nitrogens with one attached hydrogen (secondary N) is 2. The monoisotopic (exact) mass is 328 g/mol. The topological polar surface area (TPSA) is 58.2 Å². The smallest absolute Gasteiger partial charge is 0.269 e. The molecule has 0 aliphatic carbocycles. The second kappa shape index (κ2) is 7.83. The number of carbonyl (C=O) groups excluding carboxylic acids is 2. The molecule has 0 spiro atoms. The predicted octanol–water partition coefficient (Wildman–Crippen LogP) is 3.17. The van der Waals surface area contributed by atoms with Gasteiger partial charge in [0, 0.05) is 10.5 Å². The van der Waals surface area contributed by atoms with E-state index in [9.17, 15) is 9.59 Å². The van der Waals surface area contributed by atoms with Crippen molar-refractivity contribution in [1.82, 2.24) is 10.9 Å². The Morgan fingerprint density at radius 2 is 1.57 bits per heavy atom. The highest BCUT2D eigenvalue weighted by atomic mass is 32.2. The van der Waals surface area contributed by atoms with Crippen LogP contribution in [0.2, 0.25) is 0 Å². The van der Waals surface area contributed by atoms with Crippen LogP contribution in [-0.4, -0.2) is 17.6 Å². The van der Waals surface area contributed by atoms with Crippen LogP contribution >= 0.6 is 11.8 Å². The second-order valence-electron chi connectivity index (χ2n) is 5.38. The summed E-state index contributed by atoms with van der Waals surface area (Å²) in [6.07, 6.45) is 0. The lowest BCUT2D eigenvalue weighted by molar-refractivity contribution is -0.119. The van der Waals surface area contributed by atoms with Crippen LogP contribution in [0.25, 0.3) is 0 Å². The maximum Gasteiger partial charge on any atom is 0.269 e. The summed E-state index contributed by atoms with van der Waals surface area (Å²) < 4.78 is 0. The highest BCUT2D eigenvalue weighted by Gasteiger charge is 2.10. The van der Waals surface area contributed by atoms with E-state index < -0.39 is 0 Å². The molecule has 2 N–H and O–H groups in total. The first kappa shape index (κ1) is 17.1. The molecule has 2 rings (SSSR count). The highest BCUT2D eigenvalue weighted by molar-refractivity contribution is 8.00. The molecule has 2 aromatic rings. The number of aryl methyl sites for hydroxylation is 3. The number of hydrogen-bond donors (Lipinski definition) is 2. The van der Waals surface area contributed by atoms with Gasteiger partial charge in [0.1, 0.15) is 0 Å². The Kier molecular flexibility index (Phi) is 5.82. The summed E-state index contributed by atoms with van der Waals surface area (Å²) >= 11 is 1.47. The van der Waals surface area contributed by atoms with Crippen molar-refractivity contribution in [3.63, 3.8) is 0 Å². The van der Waals surface area contributed by atoms with Crippen LogP contribution in [0.1, 0.15) is 27.0 Å². The van der Waals surface area contributed by atoms with Gasteiger partial charge in [-0.1, -0.05) is 35.9 Å². The largest absolute Gasteiger partial charge is 0.272 e. The summed E-state index contributed by atoms with van der Waals surface area (Å²) in [5.74, 6) is -0.315. The van der Waals surface area contributed by atoms with Gasteiger partial charge in [0.05, 0.1) is 5.75 Å². The minimum Gasteiger partial charge on any atom is -0.272 e. The summed E-state index contributed by atoms with van der Waals surface area (Å²) in [5.41, 5.74) is 8.90. The molecule has 0 aliphatic heterocycles. The average molecular weight is 328 g/mol. The van der Waals surface area contributed by atoms with Gasteiger partial charge in [-0.15, -0.1) is 11.8 Å². The molecule has 23 heavy (non-hydrogen) atoms. The fraction of sp³-hybridized carbons (Fsp3) is 0.222. The molecule has 120 valence electrons. The molecule has 4 nitrogen and oxygen atoms in total. The fourth-order valence-corrected chi connectivity index (χ4v) is 3.28. The van der Waals surface area contributed by atoms with Gasteiger partial charge in [0.25, 0.3) is 5.91 Å². The van der Waals surface area contributed by atoms with Crippen molar-refractivity contribution in [3.05, 3.63) is 64.7 Å². The van der Waals surface area contributed by atoms with Crippen LogP contribution < -0.4 is 10.9 Å². The summed E-state index contributed by atoms with van der Waals surface area (Å²) in [6.45, 7) is 6.13. The van der Waals surface area contributed by atoms with E-state index in [0.29, 0.717) is 5.56 Å². The third-order valence-corrected chi connectivity index (χ3v) is 4.64. The Morgan fingerprint density at radius 3 is 2.17 bits per heavy atom. The van der Waals surface area contributed by atoms with E-state index in [1.807, 2.05) is 19.9 Å². The van der Waals surface area contributed by atoms with Crippen LogP contribution in [0.5, 0.6) is 0 Å². The van der Waals surface area contributed by atoms with E-state index in [0.717, 1.165) is 16.0 Å². The molecule has 0 saturated carbocycles. The van der Waals surface area contributed by atoms with E-state index in [1.165, 1.54) is 17.3 Å². The van der Waals surface area contributed by atoms with Gasteiger partial charge in [0.15, 0.2) is 0 Å². The highest BCUT2D eigenvalue weighted by Crippen LogP contribution is 2.27. The Bertz CT molecular complexity index is 691. The number of hydrogen-bond acceptors (Lipinski definition) is 3. The zero-order valence-corrected chi connectivity index (χ0v) is 14.3. The molecular weight excluding hydrogens is 308 g/mol. The molecule has 0 atom stereocenters. The normalized spacial score (nSPS) is 10.2. The number of amides is 2. The van der Waals surface area contributed by atoms with Crippen molar-refractivity contribution in [3.8, 4) is 0 Å². The van der Waals surface area contributed by atoms with Crippen molar-refractivity contribution in [2.24, 2.45) is 0 Å². The quantitative estimate of drug-likeness (QED) is 0.669. The van der Waals surface area contributed by atoms with Crippen LogP contribution in [0.4, 0.5) is 0 Å². The van der Waals surface area contributed by atoms with Crippen molar-refractivity contribution >= 4 is 23.6 Å². The molecule has 0 saturated heterocycles. The molecule has 2 aromatic carbocycles. The Morgan fingerprint density at radius 1 is 0.957 bits per heavy atom. The third kappa shape index (κ3) is 4.86. The molecule has 0 aliphatic rings. The van der Waals surface area contributed by atoms with Crippen LogP contribution in [-0.2, 0) is 4.79 Å². The SMILES string of the molecule is Cc1cc(C)c(SCC(=O)NNC(=O)c2ccccc2)c(C)c1. The van der Waals surface area contributed by atoms with E-state index in [1.54, 1.807) is 24.3 Å². The second-order valence-corrected chi connectivity index (χ2v) is 6.37. The van der Waals surface area contributed by atoms with E-state index in [2.05, 4.69) is 29.9 Å². The predicted molar refractivity (Wildman–Crippen MR) is 93.4 cm³/mol. The van der Waals surface area contributed by atoms with Crippen LogP contribution in [0.15, 0.2) is 47.4 Å². The van der Waals surface area contributed by atoms with Gasteiger partial charge >= 0.3 is 0 Å². The number of thioether (sulfide) groups is 1. The molecule has 0 fully saturated rings. The zero-order chi connectivity index (χ0) is 16.8. The van der Waals surface area contributed by atoms with Gasteiger partial charge in [-0.05, 0) is 44.0 Å². The van der Waals surface area contributed by atoms with Gasteiger partial charge in [-0.3, -0.25) is 20.4 Å². The van der Waals surface area contributed by atoms with Crippen LogP contribution in [0.3, 0.4) is 0 Å². The number of hydrazine groups is 1. The maximum atomic E-state index is 11.9. The van der Waals surface area contributed by atoms with Crippen molar-refractivity contribution < 1.29 is 9.59 Å². The van der Waals surface area contributed by atoms with Gasteiger partial charge in [0.2, 0.25) is 5.91 Å². The molecule has 5 heteroatoms. The lowest BCUT2D eigenvalue weighted by Gasteiger charge is -2.11. The molecule has 0 radical (unpaired) electrons. The van der Waals surface area contributed by atoms with Crippen molar-refractivity contribution in [2.75, 3.05) is 5.75 Å². The summed E-state index contributed by atoms with van der Waals surface area (Å²) in [6, 6.07) is 13.0. The zero-order valence-electron chi connectivity index (χ0n) is 13.5. The Balaban J connectivity index is 1.85. The Hall–Kier alpha value is -2.27. The van der Waals surface area contributed by atoms with E-state index in [-0.39, 0.29) is 17.6 Å². The molecular formula is C18H20N2O2S. The summed E-state index contributed by atoms with van der Waals surface area (Å²) in [4.78, 5) is 24.8. The molecule has 2 amide bonds. The van der Waals surface area contributed by atoms with Crippen molar-refractivity contribution in [2.45, 2.75) is 25.7 Å². The Labute approximate surface area is 140 Å². The summed E-state index contributed by atoms with van der Waals surface area (Å²) in [5, 5.41) is 0. The summed E-state index contributed by atoms with van der Waals surface area (Å²) in [7, 11) is 0. The lowest BCUT2D eigenvalue weighted by Crippen LogP contribution is -2.42. The van der Waals surface area contributed by atoms with Gasteiger partial charge < -0.3 is 0 Å². The fourth-order valence-electron chi connectivity index (χ4n) is 2.36.